The fraction of sp³-hybridized carbons (Fsp3) is 0.180. The minimum Gasteiger partial charge on any atom is -0.212 e. The smallest absolute Gasteiger partial charge is 0.163 e. The van der Waals surface area contributed by atoms with Gasteiger partial charge in [0.25, 0.3) is 0 Å². The largest absolute Gasteiger partial charge is 0.212 e. The van der Waals surface area contributed by atoms with E-state index in [9.17, 15) is 0 Å². The van der Waals surface area contributed by atoms with E-state index in [0.717, 1.165) is 29.8 Å². The highest BCUT2D eigenvalue weighted by molar-refractivity contribution is 5.90. The van der Waals surface area contributed by atoms with Gasteiger partial charge in [-0.15, -0.1) is 0 Å². The van der Waals surface area contributed by atoms with Crippen LogP contribution in [0.3, 0.4) is 0 Å². The third kappa shape index (κ3) is 4.90. The van der Waals surface area contributed by atoms with E-state index in [1.807, 2.05) is 0 Å². The molecule has 0 saturated carbocycles. The van der Waals surface area contributed by atoms with Crippen LogP contribution in [0, 0.1) is 5.41 Å². The van der Waals surface area contributed by atoms with Crippen LogP contribution in [-0.4, -0.2) is 15.0 Å². The number of allylic oxidation sites excluding steroid dienone is 6. The maximum absolute atomic E-state index is 5.36. The van der Waals surface area contributed by atoms with Gasteiger partial charge >= 0.3 is 0 Å². The van der Waals surface area contributed by atoms with E-state index in [1.165, 1.54) is 60.5 Å². The molecule has 0 radical (unpaired) electrons. The summed E-state index contributed by atoms with van der Waals surface area (Å²) in [6.45, 7) is 9.48. The molecule has 3 aliphatic rings. The second-order valence-corrected chi connectivity index (χ2v) is 16.1. The van der Waals surface area contributed by atoms with Gasteiger partial charge in [0.2, 0.25) is 0 Å². The minimum atomic E-state index is -0.471. The molecule has 3 aliphatic carbocycles. The third-order valence-corrected chi connectivity index (χ3v) is 12.4. The van der Waals surface area contributed by atoms with Gasteiger partial charge in [-0.2, -0.15) is 0 Å². The van der Waals surface area contributed by atoms with Gasteiger partial charge in [-0.1, -0.05) is 160 Å². The van der Waals surface area contributed by atoms with Gasteiger partial charge in [0.1, 0.15) is 5.82 Å². The molecule has 3 nitrogen and oxygen atoms in total. The first-order valence-electron chi connectivity index (χ1n) is 18.8. The van der Waals surface area contributed by atoms with Crippen LogP contribution >= 0.6 is 0 Å². The highest BCUT2D eigenvalue weighted by Crippen LogP contribution is 2.58. The maximum Gasteiger partial charge on any atom is 0.163 e. The van der Waals surface area contributed by atoms with Gasteiger partial charge < -0.3 is 0 Å². The summed E-state index contributed by atoms with van der Waals surface area (Å²) in [4.78, 5) is 15.9. The number of hydrogen-bond acceptors (Lipinski definition) is 3. The topological polar surface area (TPSA) is 38.7 Å². The van der Waals surface area contributed by atoms with Gasteiger partial charge in [0, 0.05) is 22.0 Å². The third-order valence-electron chi connectivity index (χ3n) is 12.4. The number of hydrogen-bond donors (Lipinski definition) is 0. The van der Waals surface area contributed by atoms with Crippen LogP contribution in [0.25, 0.3) is 55.5 Å². The van der Waals surface area contributed by atoms with E-state index in [1.54, 1.807) is 0 Å². The van der Waals surface area contributed by atoms with Crippen LogP contribution in [0.2, 0.25) is 0 Å². The molecule has 0 spiro atoms. The molecule has 256 valence electrons. The van der Waals surface area contributed by atoms with Crippen LogP contribution in [0.15, 0.2) is 157 Å². The number of nitrogens with zero attached hydrogens (tertiary/aromatic N) is 3. The molecule has 6 aromatic carbocycles. The molecule has 0 amide bonds. The van der Waals surface area contributed by atoms with Gasteiger partial charge in [0.05, 0.1) is 5.41 Å². The Morgan fingerprint density at radius 2 is 1.08 bits per heavy atom. The van der Waals surface area contributed by atoms with Crippen LogP contribution < -0.4 is 0 Å². The molecule has 0 N–H and O–H groups in total. The quantitative estimate of drug-likeness (QED) is 0.185. The monoisotopic (exact) mass is 683 g/mol. The van der Waals surface area contributed by atoms with Crippen LogP contribution in [0.4, 0.5) is 0 Å². The van der Waals surface area contributed by atoms with E-state index in [4.69, 9.17) is 15.0 Å². The van der Waals surface area contributed by atoms with E-state index >= 15 is 0 Å². The molecule has 0 aliphatic heterocycles. The first-order chi connectivity index (χ1) is 25.7. The van der Waals surface area contributed by atoms with Crippen molar-refractivity contribution in [3.63, 3.8) is 0 Å². The van der Waals surface area contributed by atoms with Crippen molar-refractivity contribution >= 4 is 32.7 Å². The average Bonchev–Trinajstić information content (AvgIpc) is 3.42. The first-order valence-corrected chi connectivity index (χ1v) is 18.8. The Bertz CT molecular complexity index is 2650. The van der Waals surface area contributed by atoms with E-state index < -0.39 is 5.41 Å². The van der Waals surface area contributed by atoms with Crippen LogP contribution in [0.5, 0.6) is 0 Å². The lowest BCUT2D eigenvalue weighted by Gasteiger charge is -2.41. The Balaban J connectivity index is 1.11. The fourth-order valence-electron chi connectivity index (χ4n) is 9.35. The standard InChI is InChI=1S/C50H41N3/c1-48(2)41-19-11-9-17-38(41)40-31-49(3,27-25-42(40)48)43-26-28-50(4,44-20-12-10-18-39(43)44)47-52-45(36-23-21-32-13-5-7-15-34(32)29-36)51-46(53-47)37-24-22-33-14-6-8-16-35(33)30-37/h5-27,29-30H,28,31H2,1-4H3. The zero-order chi connectivity index (χ0) is 36.0. The summed E-state index contributed by atoms with van der Waals surface area (Å²) >= 11 is 0. The van der Waals surface area contributed by atoms with Gasteiger partial charge in [-0.3, -0.25) is 0 Å². The Morgan fingerprint density at radius 1 is 0.528 bits per heavy atom. The second kappa shape index (κ2) is 11.5. The predicted octanol–water partition coefficient (Wildman–Crippen LogP) is 12.3. The zero-order valence-electron chi connectivity index (χ0n) is 30.7. The lowest BCUT2D eigenvalue weighted by atomic mass is 9.63. The molecule has 0 fully saturated rings. The summed E-state index contributed by atoms with van der Waals surface area (Å²) in [5.74, 6) is 2.19. The molecule has 10 rings (SSSR count). The second-order valence-electron chi connectivity index (χ2n) is 16.1. The molecule has 3 heteroatoms. The van der Waals surface area contributed by atoms with Crippen molar-refractivity contribution in [3.8, 4) is 22.8 Å². The maximum atomic E-state index is 5.36. The summed E-state index contributed by atoms with van der Waals surface area (Å²) in [6, 6.07) is 47.9. The van der Waals surface area contributed by atoms with Crippen molar-refractivity contribution in [2.24, 2.45) is 5.41 Å². The molecule has 53 heavy (non-hydrogen) atoms. The van der Waals surface area contributed by atoms with Crippen LogP contribution in [-0.2, 0) is 10.8 Å². The molecule has 0 bridgehead atoms. The molecular formula is C50H41N3. The Hall–Kier alpha value is -5.93. The van der Waals surface area contributed by atoms with Gasteiger partial charge in [0.15, 0.2) is 11.6 Å². The number of benzene rings is 6. The molecule has 1 heterocycles. The predicted molar refractivity (Wildman–Crippen MR) is 219 cm³/mol. The Morgan fingerprint density at radius 3 is 1.72 bits per heavy atom. The lowest BCUT2D eigenvalue weighted by molar-refractivity contribution is 0.512. The van der Waals surface area contributed by atoms with Gasteiger partial charge in [-0.05, 0) is 92.4 Å². The van der Waals surface area contributed by atoms with Crippen LogP contribution in [0.1, 0.15) is 68.6 Å². The molecule has 2 atom stereocenters. The molecular weight excluding hydrogens is 643 g/mol. The number of fused-ring (bicyclic) bond motifs is 5. The highest BCUT2D eigenvalue weighted by Gasteiger charge is 2.45. The molecule has 7 aromatic rings. The highest BCUT2D eigenvalue weighted by atomic mass is 15.0. The van der Waals surface area contributed by atoms with Crippen molar-refractivity contribution in [2.75, 3.05) is 0 Å². The Labute approximate surface area is 311 Å². The van der Waals surface area contributed by atoms with E-state index in [-0.39, 0.29) is 10.8 Å². The fourth-order valence-corrected chi connectivity index (χ4v) is 9.35. The van der Waals surface area contributed by atoms with E-state index in [2.05, 4.69) is 179 Å². The zero-order valence-corrected chi connectivity index (χ0v) is 30.7. The van der Waals surface area contributed by atoms with Crippen molar-refractivity contribution in [2.45, 2.75) is 51.4 Å². The first kappa shape index (κ1) is 31.8. The SMILES string of the molecule is CC1(C2=CCC(C)(c3nc(-c4ccc5ccccc5c4)nc(-c4ccc5ccccc5c4)n3)c3ccccc32)C=CC2=C(C1)c1ccccc1C2(C)C. The van der Waals surface area contributed by atoms with Crippen molar-refractivity contribution < 1.29 is 0 Å². The summed E-state index contributed by atoms with van der Waals surface area (Å²) in [6.07, 6.45) is 9.14. The summed E-state index contributed by atoms with van der Waals surface area (Å²) in [5.41, 5.74) is 11.1. The average molecular weight is 684 g/mol. The summed E-state index contributed by atoms with van der Waals surface area (Å²) in [5, 5.41) is 4.73. The molecule has 1 aromatic heterocycles. The Kier molecular flexibility index (Phi) is 6.92. The van der Waals surface area contributed by atoms with Crippen molar-refractivity contribution in [1.82, 2.24) is 15.0 Å². The van der Waals surface area contributed by atoms with E-state index in [0.29, 0.717) is 11.6 Å². The van der Waals surface area contributed by atoms with Gasteiger partial charge in [-0.25, -0.2) is 15.0 Å². The minimum absolute atomic E-state index is 0.00532. The summed E-state index contributed by atoms with van der Waals surface area (Å²) < 4.78 is 0. The number of aromatic nitrogens is 3. The van der Waals surface area contributed by atoms with Crippen molar-refractivity contribution in [3.05, 3.63) is 185 Å². The molecule has 0 saturated heterocycles. The molecule has 2 unspecified atom stereocenters. The number of rotatable bonds is 4. The summed E-state index contributed by atoms with van der Waals surface area (Å²) in [7, 11) is 0. The normalized spacial score (nSPS) is 21.3. The van der Waals surface area contributed by atoms with Crippen molar-refractivity contribution in [1.29, 1.82) is 0 Å². The lowest BCUT2D eigenvalue weighted by Crippen LogP contribution is -2.33.